The van der Waals surface area contributed by atoms with Crippen LogP contribution in [0.15, 0.2) is 52.2 Å². The van der Waals surface area contributed by atoms with Crippen LogP contribution in [0.5, 0.6) is 0 Å². The lowest BCUT2D eigenvalue weighted by molar-refractivity contribution is 0.601. The second-order valence-electron chi connectivity index (χ2n) is 4.10. The van der Waals surface area contributed by atoms with E-state index in [1.54, 1.807) is 24.3 Å². The Morgan fingerprint density at radius 2 is 1.95 bits per heavy atom. The topological polar surface area (TPSA) is 76.4 Å². The first kappa shape index (κ1) is 14.3. The van der Waals surface area contributed by atoms with Crippen molar-refractivity contribution in [2.75, 3.05) is 4.72 Å². The summed E-state index contributed by atoms with van der Waals surface area (Å²) in [5.74, 6) is 0.176. The molecule has 0 amide bonds. The summed E-state index contributed by atoms with van der Waals surface area (Å²) in [4.78, 5) is 3.97. The molecular formula is C12H8BrClN4O2S. The van der Waals surface area contributed by atoms with E-state index in [1.165, 1.54) is 23.0 Å². The van der Waals surface area contributed by atoms with Gasteiger partial charge in [-0.05, 0) is 40.2 Å². The number of hydrogen-bond donors (Lipinski definition) is 1. The number of rotatable bonds is 3. The molecule has 6 nitrogen and oxygen atoms in total. The Bertz CT molecular complexity index is 926. The lowest BCUT2D eigenvalue weighted by Crippen LogP contribution is -2.15. The summed E-state index contributed by atoms with van der Waals surface area (Å²) < 4.78 is 29.4. The van der Waals surface area contributed by atoms with E-state index in [2.05, 4.69) is 30.7 Å². The third kappa shape index (κ3) is 2.61. The molecule has 0 fully saturated rings. The van der Waals surface area contributed by atoms with Crippen molar-refractivity contribution >= 4 is 48.9 Å². The van der Waals surface area contributed by atoms with Gasteiger partial charge in [-0.2, -0.15) is 5.10 Å². The number of aromatic nitrogens is 3. The molecule has 0 unspecified atom stereocenters. The van der Waals surface area contributed by atoms with Crippen LogP contribution in [0.4, 0.5) is 5.82 Å². The van der Waals surface area contributed by atoms with Crippen molar-refractivity contribution in [2.45, 2.75) is 4.90 Å². The number of anilines is 1. The predicted molar refractivity (Wildman–Crippen MR) is 82.9 cm³/mol. The van der Waals surface area contributed by atoms with E-state index >= 15 is 0 Å². The largest absolute Gasteiger partial charge is 0.264 e. The molecule has 0 spiro atoms. The molecule has 2 heterocycles. The maximum atomic E-state index is 12.4. The van der Waals surface area contributed by atoms with E-state index in [4.69, 9.17) is 11.6 Å². The van der Waals surface area contributed by atoms with Gasteiger partial charge in [-0.15, -0.1) is 0 Å². The molecule has 2 aromatic heterocycles. The summed E-state index contributed by atoms with van der Waals surface area (Å²) in [6, 6.07) is 9.65. The fourth-order valence-electron chi connectivity index (χ4n) is 1.83. The molecule has 0 aliphatic heterocycles. The molecule has 0 aliphatic carbocycles. The Balaban J connectivity index is 2.08. The molecule has 0 bridgehead atoms. The van der Waals surface area contributed by atoms with Gasteiger partial charge in [-0.3, -0.25) is 4.72 Å². The summed E-state index contributed by atoms with van der Waals surface area (Å²) in [5, 5.41) is 4.16. The molecule has 3 aromatic rings. The maximum Gasteiger partial charge on any atom is 0.264 e. The van der Waals surface area contributed by atoms with E-state index in [0.29, 0.717) is 10.1 Å². The smallest absolute Gasteiger partial charge is 0.261 e. The number of benzene rings is 1. The van der Waals surface area contributed by atoms with Crippen LogP contribution in [-0.4, -0.2) is 23.0 Å². The van der Waals surface area contributed by atoms with E-state index in [1.807, 2.05) is 0 Å². The molecule has 0 saturated carbocycles. The number of hydrogen-bond acceptors (Lipinski definition) is 4. The van der Waals surface area contributed by atoms with Gasteiger partial charge in [0, 0.05) is 0 Å². The fraction of sp³-hybridized carbons (Fsp3) is 0. The molecule has 0 saturated heterocycles. The molecule has 9 heteroatoms. The number of fused-ring (bicyclic) bond motifs is 1. The summed E-state index contributed by atoms with van der Waals surface area (Å²) in [5.41, 5.74) is 0.528. The highest BCUT2D eigenvalue weighted by atomic mass is 79.9. The molecule has 0 radical (unpaired) electrons. The third-order valence-corrected chi connectivity index (χ3v) is 5.20. The predicted octanol–water partition coefficient (Wildman–Crippen LogP) is 2.95. The van der Waals surface area contributed by atoms with E-state index in [9.17, 15) is 8.42 Å². The van der Waals surface area contributed by atoms with Gasteiger partial charge in [0.25, 0.3) is 10.0 Å². The molecular weight excluding hydrogens is 380 g/mol. The molecule has 21 heavy (non-hydrogen) atoms. The highest BCUT2D eigenvalue weighted by Crippen LogP contribution is 2.25. The van der Waals surface area contributed by atoms with Crippen molar-refractivity contribution in [1.29, 1.82) is 0 Å². The van der Waals surface area contributed by atoms with Gasteiger partial charge < -0.3 is 0 Å². The normalized spacial score (nSPS) is 11.7. The van der Waals surface area contributed by atoms with Crippen molar-refractivity contribution < 1.29 is 8.42 Å². The lowest BCUT2D eigenvalue weighted by atomic mass is 10.4. The Labute approximate surface area is 133 Å². The molecule has 0 aliphatic rings. The summed E-state index contributed by atoms with van der Waals surface area (Å²) in [7, 11) is -3.83. The second-order valence-corrected chi connectivity index (χ2v) is 6.97. The zero-order valence-electron chi connectivity index (χ0n) is 10.4. The average molecular weight is 388 g/mol. The monoisotopic (exact) mass is 386 g/mol. The van der Waals surface area contributed by atoms with Gasteiger partial charge >= 0.3 is 0 Å². The first-order valence-electron chi connectivity index (χ1n) is 5.74. The van der Waals surface area contributed by atoms with Gasteiger partial charge in [-0.25, -0.2) is 17.9 Å². The summed E-state index contributed by atoms with van der Waals surface area (Å²) in [6.07, 6.45) is 1.27. The molecule has 1 aromatic carbocycles. The first-order chi connectivity index (χ1) is 9.99. The quantitative estimate of drug-likeness (QED) is 0.749. The third-order valence-electron chi connectivity index (χ3n) is 2.76. The number of halogens is 2. The fourth-order valence-corrected chi connectivity index (χ4v) is 3.78. The highest BCUT2D eigenvalue weighted by molar-refractivity contribution is 9.10. The number of nitrogens with one attached hydrogen (secondary N) is 1. The maximum absolute atomic E-state index is 12.4. The van der Waals surface area contributed by atoms with E-state index in [-0.39, 0.29) is 15.7 Å². The Morgan fingerprint density at radius 3 is 2.71 bits per heavy atom. The Kier molecular flexibility index (Phi) is 3.60. The highest BCUT2D eigenvalue weighted by Gasteiger charge is 2.19. The van der Waals surface area contributed by atoms with Crippen LogP contribution >= 0.6 is 27.5 Å². The zero-order chi connectivity index (χ0) is 15.0. The van der Waals surface area contributed by atoms with E-state index < -0.39 is 10.0 Å². The lowest BCUT2D eigenvalue weighted by Gasteiger charge is -2.09. The van der Waals surface area contributed by atoms with Crippen molar-refractivity contribution in [1.82, 2.24) is 14.6 Å². The zero-order valence-corrected chi connectivity index (χ0v) is 13.5. The van der Waals surface area contributed by atoms with Gasteiger partial charge in [0.1, 0.15) is 21.3 Å². The summed E-state index contributed by atoms with van der Waals surface area (Å²) in [6.45, 7) is 0. The van der Waals surface area contributed by atoms with Crippen LogP contribution in [0, 0.1) is 0 Å². The Morgan fingerprint density at radius 1 is 1.19 bits per heavy atom. The van der Waals surface area contributed by atoms with Crippen LogP contribution in [0.3, 0.4) is 0 Å². The van der Waals surface area contributed by atoms with Crippen molar-refractivity contribution in [3.63, 3.8) is 0 Å². The van der Waals surface area contributed by atoms with Gasteiger partial charge in [0.15, 0.2) is 5.82 Å². The average Bonchev–Trinajstić information content (AvgIpc) is 2.82. The van der Waals surface area contributed by atoms with Crippen LogP contribution < -0.4 is 4.72 Å². The molecule has 0 atom stereocenters. The Hall–Kier alpha value is -1.64. The number of sulfonamides is 1. The second kappa shape index (κ2) is 5.28. The molecule has 1 N–H and O–H groups in total. The van der Waals surface area contributed by atoms with E-state index in [0.717, 1.165) is 0 Å². The summed E-state index contributed by atoms with van der Waals surface area (Å²) >= 11 is 9.24. The van der Waals surface area contributed by atoms with Crippen molar-refractivity contribution in [2.24, 2.45) is 0 Å². The standard InChI is InChI=1S/C12H8BrClN4O2S/c13-11-6-5-9-12(15-7-16-18(9)11)17-21(19,20)10-4-2-1-3-8(10)14/h1-7H,(H,15,16,17). The van der Waals surface area contributed by atoms with Gasteiger partial charge in [0.2, 0.25) is 0 Å². The minimum absolute atomic E-state index is 0.00551. The van der Waals surface area contributed by atoms with Crippen LogP contribution in [0.25, 0.3) is 5.52 Å². The van der Waals surface area contributed by atoms with Crippen LogP contribution in [-0.2, 0) is 10.0 Å². The minimum atomic E-state index is -3.83. The number of nitrogens with zero attached hydrogens (tertiary/aromatic N) is 3. The van der Waals surface area contributed by atoms with Gasteiger partial charge in [-0.1, -0.05) is 23.7 Å². The van der Waals surface area contributed by atoms with Crippen LogP contribution in [0.2, 0.25) is 5.02 Å². The first-order valence-corrected chi connectivity index (χ1v) is 8.40. The van der Waals surface area contributed by atoms with Crippen molar-refractivity contribution in [3.05, 3.63) is 52.4 Å². The van der Waals surface area contributed by atoms with Gasteiger partial charge in [0.05, 0.1) is 5.02 Å². The van der Waals surface area contributed by atoms with Crippen molar-refractivity contribution in [3.8, 4) is 0 Å². The molecule has 108 valence electrons. The SMILES string of the molecule is O=S(=O)(Nc1ncnn2c(Br)ccc12)c1ccccc1Cl. The molecule has 3 rings (SSSR count). The van der Waals surface area contributed by atoms with Crippen LogP contribution in [0.1, 0.15) is 0 Å². The minimum Gasteiger partial charge on any atom is -0.261 e.